The lowest BCUT2D eigenvalue weighted by Gasteiger charge is -2.17. The second-order valence-corrected chi connectivity index (χ2v) is 5.32. The van der Waals surface area contributed by atoms with Crippen molar-refractivity contribution in [3.63, 3.8) is 0 Å². The summed E-state index contributed by atoms with van der Waals surface area (Å²) in [6.07, 6.45) is 8.09. The summed E-state index contributed by atoms with van der Waals surface area (Å²) >= 11 is 3.43. The quantitative estimate of drug-likeness (QED) is 0.717. The molecule has 0 amide bonds. The van der Waals surface area contributed by atoms with Gasteiger partial charge in [0.05, 0.1) is 5.69 Å². The van der Waals surface area contributed by atoms with E-state index in [1.54, 1.807) is 0 Å². The van der Waals surface area contributed by atoms with E-state index in [1.807, 2.05) is 6.20 Å². The van der Waals surface area contributed by atoms with Gasteiger partial charge in [-0.05, 0) is 47.4 Å². The molecule has 1 N–H and O–H groups in total. The highest BCUT2D eigenvalue weighted by Crippen LogP contribution is 2.19. The maximum atomic E-state index is 4.50. The van der Waals surface area contributed by atoms with E-state index in [0.717, 1.165) is 16.7 Å². The zero-order valence-corrected chi connectivity index (χ0v) is 12.5. The highest BCUT2D eigenvalue weighted by molar-refractivity contribution is 9.10. The lowest BCUT2D eigenvalue weighted by Crippen LogP contribution is -2.23. The van der Waals surface area contributed by atoms with Crippen molar-refractivity contribution in [3.8, 4) is 0 Å². The Morgan fingerprint density at radius 2 is 2.06 bits per heavy atom. The van der Waals surface area contributed by atoms with E-state index in [2.05, 4.69) is 52.2 Å². The molecule has 0 aliphatic heterocycles. The Bertz CT molecular complexity index is 298. The molecule has 0 fully saturated rings. The highest BCUT2D eigenvalue weighted by Gasteiger charge is 2.11. The SMILES string of the molecule is CCCCCC(NCCC)c1ccc(Br)cn1. The first-order chi connectivity index (χ1) is 8.27. The van der Waals surface area contributed by atoms with Crippen LogP contribution in [-0.2, 0) is 0 Å². The topological polar surface area (TPSA) is 24.9 Å². The molecule has 1 rings (SSSR count). The van der Waals surface area contributed by atoms with Crippen LogP contribution in [0.25, 0.3) is 0 Å². The summed E-state index contributed by atoms with van der Waals surface area (Å²) in [5.41, 5.74) is 1.16. The third-order valence-electron chi connectivity index (χ3n) is 2.84. The Morgan fingerprint density at radius 1 is 1.24 bits per heavy atom. The minimum absolute atomic E-state index is 0.412. The fourth-order valence-electron chi connectivity index (χ4n) is 1.86. The molecule has 0 aliphatic carbocycles. The van der Waals surface area contributed by atoms with E-state index in [4.69, 9.17) is 0 Å². The average molecular weight is 299 g/mol. The van der Waals surface area contributed by atoms with Crippen LogP contribution in [0.1, 0.15) is 57.7 Å². The van der Waals surface area contributed by atoms with Crippen LogP contribution < -0.4 is 5.32 Å². The Labute approximate surface area is 113 Å². The molecule has 0 saturated heterocycles. The van der Waals surface area contributed by atoms with E-state index < -0.39 is 0 Å². The molecule has 0 bridgehead atoms. The molecular formula is C14H23BrN2. The molecule has 17 heavy (non-hydrogen) atoms. The van der Waals surface area contributed by atoms with Gasteiger partial charge in [-0.2, -0.15) is 0 Å². The number of halogens is 1. The van der Waals surface area contributed by atoms with Gasteiger partial charge in [-0.3, -0.25) is 4.98 Å². The molecule has 1 aromatic rings. The van der Waals surface area contributed by atoms with Crippen molar-refractivity contribution in [2.45, 2.75) is 52.0 Å². The molecule has 96 valence electrons. The molecule has 0 saturated carbocycles. The Kier molecular flexibility index (Phi) is 7.45. The fourth-order valence-corrected chi connectivity index (χ4v) is 2.10. The summed E-state index contributed by atoms with van der Waals surface area (Å²) in [7, 11) is 0. The monoisotopic (exact) mass is 298 g/mol. The van der Waals surface area contributed by atoms with Crippen LogP contribution in [0.2, 0.25) is 0 Å². The second kappa shape index (κ2) is 8.65. The van der Waals surface area contributed by atoms with Gasteiger partial charge < -0.3 is 5.32 Å². The highest BCUT2D eigenvalue weighted by atomic mass is 79.9. The van der Waals surface area contributed by atoms with Crippen LogP contribution in [0.5, 0.6) is 0 Å². The van der Waals surface area contributed by atoms with E-state index in [9.17, 15) is 0 Å². The van der Waals surface area contributed by atoms with Crippen LogP contribution in [-0.4, -0.2) is 11.5 Å². The van der Waals surface area contributed by atoms with Crippen LogP contribution in [0, 0.1) is 0 Å². The van der Waals surface area contributed by atoms with Crippen LogP contribution in [0.3, 0.4) is 0 Å². The number of aromatic nitrogens is 1. The van der Waals surface area contributed by atoms with Crippen molar-refractivity contribution in [2.75, 3.05) is 6.54 Å². The van der Waals surface area contributed by atoms with Crippen molar-refractivity contribution in [3.05, 3.63) is 28.5 Å². The van der Waals surface area contributed by atoms with Gasteiger partial charge in [0, 0.05) is 16.7 Å². The van der Waals surface area contributed by atoms with Crippen LogP contribution in [0.15, 0.2) is 22.8 Å². The van der Waals surface area contributed by atoms with E-state index in [1.165, 1.54) is 32.1 Å². The van der Waals surface area contributed by atoms with Gasteiger partial charge in [0.2, 0.25) is 0 Å². The molecule has 1 atom stereocenters. The molecule has 1 unspecified atom stereocenters. The van der Waals surface area contributed by atoms with Crippen molar-refractivity contribution in [1.29, 1.82) is 0 Å². The van der Waals surface area contributed by atoms with Gasteiger partial charge in [-0.1, -0.05) is 33.1 Å². The predicted molar refractivity (Wildman–Crippen MR) is 77.1 cm³/mol. The number of hydrogen-bond acceptors (Lipinski definition) is 2. The average Bonchev–Trinajstić information content (AvgIpc) is 2.35. The predicted octanol–water partition coefficient (Wildman–Crippen LogP) is 4.47. The first-order valence-corrected chi connectivity index (χ1v) is 7.42. The molecule has 0 spiro atoms. The van der Waals surface area contributed by atoms with Crippen molar-refractivity contribution < 1.29 is 0 Å². The number of nitrogens with zero attached hydrogens (tertiary/aromatic N) is 1. The zero-order valence-electron chi connectivity index (χ0n) is 10.9. The molecule has 3 heteroatoms. The second-order valence-electron chi connectivity index (χ2n) is 4.40. The fraction of sp³-hybridized carbons (Fsp3) is 0.643. The molecule has 0 radical (unpaired) electrons. The normalized spacial score (nSPS) is 12.6. The smallest absolute Gasteiger partial charge is 0.0574 e. The summed E-state index contributed by atoms with van der Waals surface area (Å²) in [6.45, 7) is 5.51. The first-order valence-electron chi connectivity index (χ1n) is 6.62. The Hall–Kier alpha value is -0.410. The summed E-state index contributed by atoms with van der Waals surface area (Å²) in [4.78, 5) is 4.50. The minimum atomic E-state index is 0.412. The molecule has 1 heterocycles. The van der Waals surface area contributed by atoms with Gasteiger partial charge in [0.15, 0.2) is 0 Å². The van der Waals surface area contributed by atoms with Crippen molar-refractivity contribution >= 4 is 15.9 Å². The maximum Gasteiger partial charge on any atom is 0.0574 e. The number of pyridine rings is 1. The number of rotatable bonds is 8. The van der Waals surface area contributed by atoms with Gasteiger partial charge >= 0.3 is 0 Å². The summed E-state index contributed by atoms with van der Waals surface area (Å²) < 4.78 is 1.05. The van der Waals surface area contributed by atoms with Crippen molar-refractivity contribution in [1.82, 2.24) is 10.3 Å². The third-order valence-corrected chi connectivity index (χ3v) is 3.31. The number of unbranched alkanes of at least 4 members (excludes halogenated alkanes) is 2. The van der Waals surface area contributed by atoms with E-state index >= 15 is 0 Å². The molecule has 0 aromatic carbocycles. The Morgan fingerprint density at radius 3 is 2.65 bits per heavy atom. The first kappa shape index (κ1) is 14.7. The van der Waals surface area contributed by atoms with Crippen LogP contribution >= 0.6 is 15.9 Å². The zero-order chi connectivity index (χ0) is 12.5. The number of nitrogens with one attached hydrogen (secondary N) is 1. The molecular weight excluding hydrogens is 276 g/mol. The lowest BCUT2D eigenvalue weighted by atomic mass is 10.0. The van der Waals surface area contributed by atoms with Crippen LogP contribution in [0.4, 0.5) is 0 Å². The van der Waals surface area contributed by atoms with Gasteiger partial charge in [0.1, 0.15) is 0 Å². The largest absolute Gasteiger partial charge is 0.309 e. The summed E-state index contributed by atoms with van der Waals surface area (Å²) in [6, 6.07) is 4.60. The summed E-state index contributed by atoms with van der Waals surface area (Å²) in [5, 5.41) is 3.59. The number of hydrogen-bond donors (Lipinski definition) is 1. The van der Waals surface area contributed by atoms with Gasteiger partial charge in [0.25, 0.3) is 0 Å². The summed E-state index contributed by atoms with van der Waals surface area (Å²) in [5.74, 6) is 0. The third kappa shape index (κ3) is 5.64. The van der Waals surface area contributed by atoms with E-state index in [0.29, 0.717) is 6.04 Å². The molecule has 2 nitrogen and oxygen atoms in total. The van der Waals surface area contributed by atoms with Gasteiger partial charge in [-0.15, -0.1) is 0 Å². The molecule has 0 aliphatic rings. The maximum absolute atomic E-state index is 4.50. The Balaban J connectivity index is 2.57. The standard InChI is InChI=1S/C14H23BrN2/c1-3-5-6-7-13(16-10-4-2)14-9-8-12(15)11-17-14/h8-9,11,13,16H,3-7,10H2,1-2H3. The lowest BCUT2D eigenvalue weighted by molar-refractivity contribution is 0.465. The molecule has 1 aromatic heterocycles. The van der Waals surface area contributed by atoms with Gasteiger partial charge in [-0.25, -0.2) is 0 Å². The van der Waals surface area contributed by atoms with E-state index in [-0.39, 0.29) is 0 Å². The minimum Gasteiger partial charge on any atom is -0.309 e. The van der Waals surface area contributed by atoms with Crippen molar-refractivity contribution in [2.24, 2.45) is 0 Å².